The van der Waals surface area contributed by atoms with E-state index in [4.69, 9.17) is 5.73 Å². The molecule has 0 bridgehead atoms. The average molecular weight is 214 g/mol. The van der Waals surface area contributed by atoms with E-state index in [9.17, 15) is 0 Å². The molecule has 1 atom stereocenters. The van der Waals surface area contributed by atoms with Gasteiger partial charge in [-0.1, -0.05) is 12.1 Å². The maximum atomic E-state index is 5.83. The van der Waals surface area contributed by atoms with E-state index in [0.717, 1.165) is 17.6 Å². The standard InChI is InChI=1S/C14H18N2/c1-9-6-12(7-10(2)15)8-13-5-4-11(3)16-14(9)13/h4-6,8,10H,7,15H2,1-3H3. The van der Waals surface area contributed by atoms with Gasteiger partial charge in [0.1, 0.15) is 0 Å². The summed E-state index contributed by atoms with van der Waals surface area (Å²) in [5, 5.41) is 1.21. The van der Waals surface area contributed by atoms with E-state index in [1.807, 2.05) is 13.8 Å². The van der Waals surface area contributed by atoms with E-state index >= 15 is 0 Å². The lowest BCUT2D eigenvalue weighted by Gasteiger charge is -2.09. The third kappa shape index (κ3) is 2.22. The smallest absolute Gasteiger partial charge is 0.0734 e. The maximum Gasteiger partial charge on any atom is 0.0734 e. The van der Waals surface area contributed by atoms with Crippen LogP contribution in [0.1, 0.15) is 23.7 Å². The maximum absolute atomic E-state index is 5.83. The van der Waals surface area contributed by atoms with Gasteiger partial charge in [0.15, 0.2) is 0 Å². The molecule has 1 unspecified atom stereocenters. The highest BCUT2D eigenvalue weighted by Crippen LogP contribution is 2.20. The average Bonchev–Trinajstić information content (AvgIpc) is 2.18. The fourth-order valence-electron chi connectivity index (χ4n) is 2.08. The van der Waals surface area contributed by atoms with Crippen LogP contribution < -0.4 is 5.73 Å². The number of rotatable bonds is 2. The molecule has 2 aromatic rings. The Morgan fingerprint density at radius 1 is 1.25 bits per heavy atom. The summed E-state index contributed by atoms with van der Waals surface area (Å²) < 4.78 is 0. The van der Waals surface area contributed by atoms with Crippen molar-refractivity contribution in [2.24, 2.45) is 5.73 Å². The molecule has 2 nitrogen and oxygen atoms in total. The molecule has 2 heteroatoms. The first-order valence-electron chi connectivity index (χ1n) is 5.69. The van der Waals surface area contributed by atoms with Crippen LogP contribution in [0, 0.1) is 13.8 Å². The molecule has 2 rings (SSSR count). The molecule has 0 saturated carbocycles. The molecule has 1 aromatic carbocycles. The van der Waals surface area contributed by atoms with Crippen molar-refractivity contribution in [3.63, 3.8) is 0 Å². The Labute approximate surface area is 96.5 Å². The van der Waals surface area contributed by atoms with Crippen molar-refractivity contribution >= 4 is 10.9 Å². The second kappa shape index (κ2) is 4.22. The molecule has 0 radical (unpaired) electrons. The van der Waals surface area contributed by atoms with Crippen LogP contribution in [0.4, 0.5) is 0 Å². The molecule has 0 aliphatic carbocycles. The summed E-state index contributed by atoms with van der Waals surface area (Å²) in [6, 6.07) is 8.78. The van der Waals surface area contributed by atoms with E-state index in [1.54, 1.807) is 0 Å². The summed E-state index contributed by atoms with van der Waals surface area (Å²) in [7, 11) is 0. The van der Waals surface area contributed by atoms with E-state index < -0.39 is 0 Å². The van der Waals surface area contributed by atoms with Crippen molar-refractivity contribution in [1.82, 2.24) is 4.98 Å². The highest BCUT2D eigenvalue weighted by molar-refractivity contribution is 5.82. The fraction of sp³-hybridized carbons (Fsp3) is 0.357. The number of aryl methyl sites for hydroxylation is 2. The molecule has 1 aromatic heterocycles. The van der Waals surface area contributed by atoms with Gasteiger partial charge in [0.2, 0.25) is 0 Å². The van der Waals surface area contributed by atoms with E-state index in [1.165, 1.54) is 16.5 Å². The third-order valence-corrected chi connectivity index (χ3v) is 2.74. The van der Waals surface area contributed by atoms with Crippen LogP contribution in [0.3, 0.4) is 0 Å². The SMILES string of the molecule is Cc1ccc2cc(CC(C)N)cc(C)c2n1. The zero-order valence-corrected chi connectivity index (χ0v) is 10.1. The monoisotopic (exact) mass is 214 g/mol. The van der Waals surface area contributed by atoms with Crippen LogP contribution >= 0.6 is 0 Å². The Morgan fingerprint density at radius 2 is 2.00 bits per heavy atom. The van der Waals surface area contributed by atoms with Gasteiger partial charge in [0, 0.05) is 17.1 Å². The van der Waals surface area contributed by atoms with Crippen LogP contribution in [0.5, 0.6) is 0 Å². The Hall–Kier alpha value is -1.41. The molecule has 0 aliphatic rings. The van der Waals surface area contributed by atoms with Gasteiger partial charge in [-0.05, 0) is 50.5 Å². The Morgan fingerprint density at radius 3 is 2.69 bits per heavy atom. The van der Waals surface area contributed by atoms with Crippen molar-refractivity contribution in [3.05, 3.63) is 41.1 Å². The summed E-state index contributed by atoms with van der Waals surface area (Å²) in [5.74, 6) is 0. The summed E-state index contributed by atoms with van der Waals surface area (Å²) in [6.45, 7) is 6.17. The van der Waals surface area contributed by atoms with Gasteiger partial charge in [-0.25, -0.2) is 0 Å². The number of nitrogens with two attached hydrogens (primary N) is 1. The van der Waals surface area contributed by atoms with Crippen molar-refractivity contribution in [3.8, 4) is 0 Å². The largest absolute Gasteiger partial charge is 0.328 e. The predicted molar refractivity (Wildman–Crippen MR) is 68.6 cm³/mol. The minimum atomic E-state index is 0.204. The van der Waals surface area contributed by atoms with E-state index in [2.05, 4.69) is 36.2 Å². The summed E-state index contributed by atoms with van der Waals surface area (Å²) in [6.07, 6.45) is 0.921. The van der Waals surface area contributed by atoms with E-state index in [-0.39, 0.29) is 6.04 Å². The predicted octanol–water partition coefficient (Wildman–Crippen LogP) is 2.74. The van der Waals surface area contributed by atoms with Crippen molar-refractivity contribution in [1.29, 1.82) is 0 Å². The molecule has 0 amide bonds. The number of nitrogens with zero attached hydrogens (tertiary/aromatic N) is 1. The van der Waals surface area contributed by atoms with Crippen molar-refractivity contribution in [2.45, 2.75) is 33.2 Å². The normalized spacial score (nSPS) is 13.0. The number of fused-ring (bicyclic) bond motifs is 1. The molecule has 1 heterocycles. The Balaban J connectivity index is 2.55. The minimum Gasteiger partial charge on any atom is -0.328 e. The molecule has 0 aliphatic heterocycles. The van der Waals surface area contributed by atoms with Gasteiger partial charge >= 0.3 is 0 Å². The van der Waals surface area contributed by atoms with Crippen LogP contribution in [0.15, 0.2) is 24.3 Å². The lowest BCUT2D eigenvalue weighted by molar-refractivity contribution is 0.738. The molecular weight excluding hydrogens is 196 g/mol. The Kier molecular flexibility index (Phi) is 2.92. The van der Waals surface area contributed by atoms with Crippen LogP contribution in [-0.4, -0.2) is 11.0 Å². The molecule has 0 fully saturated rings. The van der Waals surface area contributed by atoms with Gasteiger partial charge in [0.25, 0.3) is 0 Å². The van der Waals surface area contributed by atoms with Crippen LogP contribution in [0.25, 0.3) is 10.9 Å². The second-order valence-corrected chi connectivity index (χ2v) is 4.62. The van der Waals surface area contributed by atoms with Gasteiger partial charge in [0.05, 0.1) is 5.52 Å². The van der Waals surface area contributed by atoms with Crippen LogP contribution in [0.2, 0.25) is 0 Å². The lowest BCUT2D eigenvalue weighted by Crippen LogP contribution is -2.17. The highest BCUT2D eigenvalue weighted by Gasteiger charge is 2.04. The van der Waals surface area contributed by atoms with Gasteiger partial charge in [-0.15, -0.1) is 0 Å². The van der Waals surface area contributed by atoms with E-state index in [0.29, 0.717) is 0 Å². The van der Waals surface area contributed by atoms with Crippen molar-refractivity contribution in [2.75, 3.05) is 0 Å². The number of benzene rings is 1. The summed E-state index contributed by atoms with van der Waals surface area (Å²) in [4.78, 5) is 4.56. The minimum absolute atomic E-state index is 0.204. The number of aromatic nitrogens is 1. The Bertz CT molecular complexity index is 515. The first-order chi connectivity index (χ1) is 7.56. The zero-order chi connectivity index (χ0) is 11.7. The quantitative estimate of drug-likeness (QED) is 0.834. The lowest BCUT2D eigenvalue weighted by atomic mass is 10.0. The molecule has 0 saturated heterocycles. The number of hydrogen-bond acceptors (Lipinski definition) is 2. The summed E-state index contributed by atoms with van der Waals surface area (Å²) in [5.41, 5.74) is 10.5. The topological polar surface area (TPSA) is 38.9 Å². The van der Waals surface area contributed by atoms with Crippen molar-refractivity contribution < 1.29 is 0 Å². The van der Waals surface area contributed by atoms with Gasteiger partial charge in [-0.2, -0.15) is 0 Å². The molecule has 2 N–H and O–H groups in total. The fourth-order valence-corrected chi connectivity index (χ4v) is 2.08. The first-order valence-corrected chi connectivity index (χ1v) is 5.69. The number of hydrogen-bond donors (Lipinski definition) is 1. The molecule has 0 spiro atoms. The third-order valence-electron chi connectivity index (χ3n) is 2.74. The second-order valence-electron chi connectivity index (χ2n) is 4.62. The van der Waals surface area contributed by atoms with Crippen LogP contribution in [-0.2, 0) is 6.42 Å². The first kappa shape index (κ1) is 11.1. The van der Waals surface area contributed by atoms with Gasteiger partial charge < -0.3 is 5.73 Å². The zero-order valence-electron chi connectivity index (χ0n) is 10.1. The molecular formula is C14H18N2. The summed E-state index contributed by atoms with van der Waals surface area (Å²) >= 11 is 0. The molecule has 16 heavy (non-hydrogen) atoms. The van der Waals surface area contributed by atoms with Gasteiger partial charge in [-0.3, -0.25) is 4.98 Å². The highest BCUT2D eigenvalue weighted by atomic mass is 14.7. The number of pyridine rings is 1. The molecule has 84 valence electrons.